The zero-order chi connectivity index (χ0) is 18.0. The van der Waals surface area contributed by atoms with E-state index < -0.39 is 17.8 Å². The second-order valence-electron chi connectivity index (χ2n) is 6.88. The second kappa shape index (κ2) is 7.11. The van der Waals surface area contributed by atoms with Gasteiger partial charge in [0.25, 0.3) is 0 Å². The maximum atomic E-state index is 14.5. The van der Waals surface area contributed by atoms with Crippen molar-refractivity contribution in [3.05, 3.63) is 48.3 Å². The molecular formula is C21H23F3O. The molecule has 25 heavy (non-hydrogen) atoms. The monoisotopic (exact) mass is 348 g/mol. The molecule has 4 heteroatoms. The Balaban J connectivity index is 1.81. The van der Waals surface area contributed by atoms with Gasteiger partial charge < -0.3 is 4.74 Å². The molecule has 1 aliphatic carbocycles. The summed E-state index contributed by atoms with van der Waals surface area (Å²) in [5, 5.41) is 1.29. The van der Waals surface area contributed by atoms with E-state index in [1.165, 1.54) is 12.1 Å². The molecular weight excluding hydrogens is 325 g/mol. The standard InChI is InChI=1S/C21H23F3O/c1-3-14-6-9-18(10-7-14)21(23,24)25-20-13-16-8-5-15(4-2)11-17(16)12-19(20)22/h4-5,8,11-14,18H,2-3,6-7,9-10H2,1H3. The Labute approximate surface area is 146 Å². The van der Waals surface area contributed by atoms with E-state index in [0.29, 0.717) is 29.5 Å². The molecule has 2 aromatic rings. The van der Waals surface area contributed by atoms with Crippen LogP contribution in [0.4, 0.5) is 13.2 Å². The number of halogens is 3. The van der Waals surface area contributed by atoms with Gasteiger partial charge in [-0.2, -0.15) is 8.78 Å². The molecule has 1 saturated carbocycles. The predicted molar refractivity (Wildman–Crippen MR) is 95.3 cm³/mol. The zero-order valence-corrected chi connectivity index (χ0v) is 14.4. The van der Waals surface area contributed by atoms with Crippen molar-refractivity contribution in [1.29, 1.82) is 0 Å². The molecule has 134 valence electrons. The van der Waals surface area contributed by atoms with Gasteiger partial charge in [0.2, 0.25) is 0 Å². The highest BCUT2D eigenvalue weighted by atomic mass is 19.3. The molecule has 1 aliphatic rings. The summed E-state index contributed by atoms with van der Waals surface area (Å²) >= 11 is 0. The molecule has 0 saturated heterocycles. The van der Waals surface area contributed by atoms with E-state index in [2.05, 4.69) is 13.5 Å². The molecule has 1 nitrogen and oxygen atoms in total. The van der Waals surface area contributed by atoms with Crippen LogP contribution in [0, 0.1) is 17.7 Å². The Morgan fingerprint density at radius 3 is 2.48 bits per heavy atom. The van der Waals surface area contributed by atoms with E-state index in [4.69, 9.17) is 4.74 Å². The topological polar surface area (TPSA) is 9.23 Å². The lowest BCUT2D eigenvalue weighted by Crippen LogP contribution is -2.37. The van der Waals surface area contributed by atoms with E-state index in [1.54, 1.807) is 24.3 Å². The lowest BCUT2D eigenvalue weighted by molar-refractivity contribution is -0.224. The van der Waals surface area contributed by atoms with Crippen LogP contribution in [-0.4, -0.2) is 6.11 Å². The van der Waals surface area contributed by atoms with Crippen LogP contribution in [0.2, 0.25) is 0 Å². The van der Waals surface area contributed by atoms with Crippen molar-refractivity contribution in [2.45, 2.75) is 45.1 Å². The minimum absolute atomic E-state index is 0.388. The largest absolute Gasteiger partial charge is 0.429 e. The van der Waals surface area contributed by atoms with Gasteiger partial charge in [-0.25, -0.2) is 4.39 Å². The Bertz CT molecular complexity index is 761. The van der Waals surface area contributed by atoms with E-state index in [-0.39, 0.29) is 5.75 Å². The molecule has 0 N–H and O–H groups in total. The van der Waals surface area contributed by atoms with Crippen LogP contribution in [0.1, 0.15) is 44.6 Å². The predicted octanol–water partition coefficient (Wildman–Crippen LogP) is 6.81. The SMILES string of the molecule is C=Cc1ccc2cc(OC(F)(F)C3CCC(CC)CC3)c(F)cc2c1. The Morgan fingerprint density at radius 1 is 1.12 bits per heavy atom. The van der Waals surface area contributed by atoms with Crippen LogP contribution < -0.4 is 4.74 Å². The average molecular weight is 348 g/mol. The summed E-state index contributed by atoms with van der Waals surface area (Å²) in [6.07, 6.45) is 1.73. The molecule has 0 amide bonds. The smallest absolute Gasteiger partial charge is 0.400 e. The third-order valence-corrected chi connectivity index (χ3v) is 5.30. The molecule has 1 fully saturated rings. The second-order valence-corrected chi connectivity index (χ2v) is 6.88. The van der Waals surface area contributed by atoms with Crippen molar-refractivity contribution in [2.24, 2.45) is 11.8 Å². The first-order valence-electron chi connectivity index (χ1n) is 8.85. The van der Waals surface area contributed by atoms with Crippen molar-refractivity contribution < 1.29 is 17.9 Å². The van der Waals surface area contributed by atoms with Crippen molar-refractivity contribution in [3.8, 4) is 5.75 Å². The molecule has 3 rings (SSSR count). The highest BCUT2D eigenvalue weighted by Crippen LogP contribution is 2.41. The zero-order valence-electron chi connectivity index (χ0n) is 14.4. The third kappa shape index (κ3) is 3.83. The Hall–Kier alpha value is -1.97. The number of hydrogen-bond donors (Lipinski definition) is 0. The lowest BCUT2D eigenvalue weighted by Gasteiger charge is -2.33. The van der Waals surface area contributed by atoms with Gasteiger partial charge in [-0.05, 0) is 66.1 Å². The van der Waals surface area contributed by atoms with Crippen LogP contribution >= 0.6 is 0 Å². The van der Waals surface area contributed by atoms with Crippen LogP contribution in [-0.2, 0) is 0 Å². The molecule has 0 spiro atoms. The molecule has 0 atom stereocenters. The van der Waals surface area contributed by atoms with Crippen molar-refractivity contribution in [1.82, 2.24) is 0 Å². The Morgan fingerprint density at radius 2 is 1.84 bits per heavy atom. The van der Waals surface area contributed by atoms with Gasteiger partial charge in [0.15, 0.2) is 11.6 Å². The van der Waals surface area contributed by atoms with Gasteiger partial charge in [0.05, 0.1) is 5.92 Å². The van der Waals surface area contributed by atoms with Gasteiger partial charge >= 0.3 is 6.11 Å². The van der Waals surface area contributed by atoms with Gasteiger partial charge in [0, 0.05) is 0 Å². The first kappa shape index (κ1) is 17.8. The number of ether oxygens (including phenoxy) is 1. The number of fused-ring (bicyclic) bond motifs is 1. The van der Waals surface area contributed by atoms with E-state index in [9.17, 15) is 13.2 Å². The Kier molecular flexibility index (Phi) is 5.07. The fourth-order valence-corrected chi connectivity index (χ4v) is 3.61. The summed E-state index contributed by atoms with van der Waals surface area (Å²) in [6.45, 7) is 5.76. The normalized spacial score (nSPS) is 21.3. The third-order valence-electron chi connectivity index (χ3n) is 5.30. The maximum absolute atomic E-state index is 14.5. The number of benzene rings is 2. The summed E-state index contributed by atoms with van der Waals surface area (Å²) in [5.41, 5.74) is 0.846. The van der Waals surface area contributed by atoms with Crippen LogP contribution in [0.25, 0.3) is 16.8 Å². The van der Waals surface area contributed by atoms with E-state index >= 15 is 0 Å². The molecule has 0 aromatic heterocycles. The summed E-state index contributed by atoms with van der Waals surface area (Å²) in [5.74, 6) is -1.49. The minimum atomic E-state index is -3.35. The fourth-order valence-electron chi connectivity index (χ4n) is 3.61. The van der Waals surface area contributed by atoms with Gasteiger partial charge in [-0.15, -0.1) is 0 Å². The van der Waals surface area contributed by atoms with E-state index in [1.807, 2.05) is 0 Å². The minimum Gasteiger partial charge on any atom is -0.429 e. The van der Waals surface area contributed by atoms with Gasteiger partial charge in [-0.3, -0.25) is 0 Å². The fraction of sp³-hybridized carbons (Fsp3) is 0.429. The number of alkyl halides is 2. The molecule has 2 aromatic carbocycles. The van der Waals surface area contributed by atoms with Crippen LogP contribution in [0.15, 0.2) is 36.9 Å². The van der Waals surface area contributed by atoms with E-state index in [0.717, 1.165) is 24.8 Å². The first-order valence-corrected chi connectivity index (χ1v) is 8.85. The molecule has 0 aliphatic heterocycles. The van der Waals surface area contributed by atoms with Gasteiger partial charge in [-0.1, -0.05) is 38.1 Å². The molecule has 0 radical (unpaired) electrons. The van der Waals surface area contributed by atoms with Gasteiger partial charge in [0.1, 0.15) is 0 Å². The van der Waals surface area contributed by atoms with Crippen molar-refractivity contribution >= 4 is 16.8 Å². The van der Waals surface area contributed by atoms with Crippen molar-refractivity contribution in [3.63, 3.8) is 0 Å². The number of rotatable bonds is 5. The van der Waals surface area contributed by atoms with Crippen LogP contribution in [0.3, 0.4) is 0 Å². The first-order chi connectivity index (χ1) is 11.9. The average Bonchev–Trinajstić information content (AvgIpc) is 2.61. The van der Waals surface area contributed by atoms with Crippen molar-refractivity contribution in [2.75, 3.05) is 0 Å². The summed E-state index contributed by atoms with van der Waals surface area (Å²) in [4.78, 5) is 0. The highest BCUT2D eigenvalue weighted by molar-refractivity contribution is 5.86. The molecule has 0 bridgehead atoms. The summed E-state index contributed by atoms with van der Waals surface area (Å²) < 4.78 is 48.2. The maximum Gasteiger partial charge on any atom is 0.400 e. The summed E-state index contributed by atoms with van der Waals surface area (Å²) in [7, 11) is 0. The number of hydrogen-bond acceptors (Lipinski definition) is 1. The van der Waals surface area contributed by atoms with Crippen LogP contribution in [0.5, 0.6) is 5.75 Å². The molecule has 0 heterocycles. The lowest BCUT2D eigenvalue weighted by atomic mass is 9.80. The quantitative estimate of drug-likeness (QED) is 0.577. The molecule has 0 unspecified atom stereocenters. The highest BCUT2D eigenvalue weighted by Gasteiger charge is 2.44. The summed E-state index contributed by atoms with van der Waals surface area (Å²) in [6, 6.07) is 7.91.